The second-order valence-electron chi connectivity index (χ2n) is 13.9. The Balaban J connectivity index is 0.996. The maximum Gasteiger partial charge on any atom is 0.338 e. The van der Waals surface area contributed by atoms with Crippen LogP contribution >= 0.6 is 0 Å². The highest BCUT2D eigenvalue weighted by Gasteiger charge is 2.22. The van der Waals surface area contributed by atoms with Crippen molar-refractivity contribution in [1.82, 2.24) is 0 Å². The number of hydrogen-bond acceptors (Lipinski definition) is 10. The van der Waals surface area contributed by atoms with E-state index >= 15 is 0 Å². The molecule has 0 aliphatic heterocycles. The molecule has 290 valence electrons. The number of aliphatic hydroxyl groups is 2. The van der Waals surface area contributed by atoms with Crippen molar-refractivity contribution in [3.63, 3.8) is 0 Å². The summed E-state index contributed by atoms with van der Waals surface area (Å²) in [6.45, 7) is -1.02. The summed E-state index contributed by atoms with van der Waals surface area (Å²) in [5.74, 6) is -0.0645. The summed E-state index contributed by atoms with van der Waals surface area (Å²) in [4.78, 5) is 25.8. The molecule has 10 nitrogen and oxygen atoms in total. The fourth-order valence-electron chi connectivity index (χ4n) is 6.96. The average molecular weight is 775 g/mol. The topological polar surface area (TPSA) is 152 Å². The molecule has 0 aliphatic carbocycles. The molecule has 58 heavy (non-hydrogen) atoms. The number of esters is 2. The Labute approximate surface area is 332 Å². The van der Waals surface area contributed by atoms with Crippen LogP contribution < -0.4 is 9.47 Å². The summed E-state index contributed by atoms with van der Waals surface area (Å²) >= 11 is 0. The minimum atomic E-state index is -1.16. The number of ether oxygens (including phenoxy) is 4. The van der Waals surface area contributed by atoms with Gasteiger partial charge < -0.3 is 39.4 Å². The first-order valence-corrected chi connectivity index (χ1v) is 18.7. The van der Waals surface area contributed by atoms with Gasteiger partial charge in [-0.3, -0.25) is 0 Å². The van der Waals surface area contributed by atoms with Crippen LogP contribution in [0.2, 0.25) is 0 Å². The third-order valence-corrected chi connectivity index (χ3v) is 9.83. The van der Waals surface area contributed by atoms with Gasteiger partial charge in [0.25, 0.3) is 0 Å². The quantitative estimate of drug-likeness (QED) is 0.0839. The van der Waals surface area contributed by atoms with Gasteiger partial charge in [0.15, 0.2) is 0 Å². The van der Waals surface area contributed by atoms with Gasteiger partial charge >= 0.3 is 11.9 Å². The molecule has 0 saturated heterocycles. The Morgan fingerprint density at radius 3 is 1.26 bits per heavy atom. The van der Waals surface area contributed by atoms with E-state index in [1.54, 1.807) is 72.8 Å². The van der Waals surface area contributed by atoms with Gasteiger partial charge in [-0.25, -0.2) is 9.59 Å². The zero-order valence-corrected chi connectivity index (χ0v) is 31.1. The zero-order chi connectivity index (χ0) is 40.2. The lowest BCUT2D eigenvalue weighted by molar-refractivity contribution is 0.0126. The average Bonchev–Trinajstić information content (AvgIpc) is 3.25. The van der Waals surface area contributed by atoms with Crippen molar-refractivity contribution < 1.29 is 49.0 Å². The van der Waals surface area contributed by atoms with Crippen molar-refractivity contribution in [1.29, 1.82) is 0 Å². The SMILES string of the molecule is O=C(OCC(O)COc1ccc2ccccc2c1-c1c(OCC(O)COC(=O)c2ccc3cc(O)ccc3c2)ccc2ccccc12)c1ccc2cc(O)ccc2c1. The summed E-state index contributed by atoms with van der Waals surface area (Å²) in [5.41, 5.74) is 2.01. The van der Waals surface area contributed by atoms with Gasteiger partial charge in [-0.2, -0.15) is 0 Å². The molecule has 4 N–H and O–H groups in total. The van der Waals surface area contributed by atoms with Gasteiger partial charge in [0.1, 0.15) is 61.6 Å². The molecule has 0 radical (unpaired) electrons. The van der Waals surface area contributed by atoms with E-state index in [-0.39, 0.29) is 37.9 Å². The summed E-state index contributed by atoms with van der Waals surface area (Å²) in [7, 11) is 0. The van der Waals surface area contributed by atoms with E-state index in [2.05, 4.69) is 0 Å². The number of aliphatic hydroxyl groups excluding tert-OH is 2. The molecular weight excluding hydrogens is 737 g/mol. The molecule has 0 amide bonds. The molecule has 0 aromatic heterocycles. The third kappa shape index (κ3) is 8.20. The number of benzene rings is 8. The van der Waals surface area contributed by atoms with Crippen molar-refractivity contribution in [3.8, 4) is 34.1 Å². The number of carbonyl (C=O) groups excluding carboxylic acids is 2. The first-order valence-electron chi connectivity index (χ1n) is 18.7. The van der Waals surface area contributed by atoms with Gasteiger partial charge in [-0.05, 0) is 104 Å². The molecule has 8 rings (SSSR count). The lowest BCUT2D eigenvalue weighted by atomic mass is 9.92. The molecule has 0 spiro atoms. The fraction of sp³-hybridized carbons (Fsp3) is 0.125. The number of carbonyl (C=O) groups is 2. The summed E-state index contributed by atoms with van der Waals surface area (Å²) in [5, 5.41) is 48.0. The minimum absolute atomic E-state index is 0.126. The molecule has 2 atom stereocenters. The first kappa shape index (κ1) is 37.8. The Morgan fingerprint density at radius 1 is 0.431 bits per heavy atom. The number of phenols is 2. The number of aromatic hydroxyl groups is 2. The van der Waals surface area contributed by atoms with Crippen LogP contribution in [-0.2, 0) is 9.47 Å². The summed E-state index contributed by atoms with van der Waals surface area (Å²) < 4.78 is 23.5. The maximum atomic E-state index is 12.9. The van der Waals surface area contributed by atoms with Gasteiger partial charge in [0, 0.05) is 11.1 Å². The molecule has 8 aromatic rings. The molecule has 10 heteroatoms. The lowest BCUT2D eigenvalue weighted by Crippen LogP contribution is -2.25. The van der Waals surface area contributed by atoms with E-state index in [4.69, 9.17) is 18.9 Å². The largest absolute Gasteiger partial charge is 0.508 e. The van der Waals surface area contributed by atoms with E-state index in [0.717, 1.165) is 43.1 Å². The Bertz CT molecular complexity index is 2620. The molecule has 0 bridgehead atoms. The van der Waals surface area contributed by atoms with E-state index < -0.39 is 24.1 Å². The molecule has 0 saturated carbocycles. The highest BCUT2D eigenvalue weighted by molar-refractivity contribution is 6.10. The zero-order valence-electron chi connectivity index (χ0n) is 31.1. The van der Waals surface area contributed by atoms with Gasteiger partial charge in [0.2, 0.25) is 0 Å². The van der Waals surface area contributed by atoms with E-state index in [0.29, 0.717) is 33.8 Å². The molecular formula is C48H38O10. The summed E-state index contributed by atoms with van der Waals surface area (Å²) in [6, 6.07) is 42.8. The van der Waals surface area contributed by atoms with Crippen LogP contribution in [0, 0.1) is 0 Å². The van der Waals surface area contributed by atoms with E-state index in [1.807, 2.05) is 72.8 Å². The molecule has 2 unspecified atom stereocenters. The van der Waals surface area contributed by atoms with Crippen LogP contribution in [0.5, 0.6) is 23.0 Å². The van der Waals surface area contributed by atoms with Crippen LogP contribution in [0.15, 0.2) is 146 Å². The minimum Gasteiger partial charge on any atom is -0.508 e. The van der Waals surface area contributed by atoms with E-state index in [1.165, 1.54) is 0 Å². The van der Waals surface area contributed by atoms with Crippen molar-refractivity contribution in [2.75, 3.05) is 26.4 Å². The smallest absolute Gasteiger partial charge is 0.338 e. The molecule has 0 aliphatic rings. The predicted molar refractivity (Wildman–Crippen MR) is 222 cm³/mol. The Morgan fingerprint density at radius 2 is 0.810 bits per heavy atom. The van der Waals surface area contributed by atoms with Gasteiger partial charge in [0.05, 0.1) is 11.1 Å². The third-order valence-electron chi connectivity index (χ3n) is 9.83. The van der Waals surface area contributed by atoms with Crippen LogP contribution in [0.3, 0.4) is 0 Å². The van der Waals surface area contributed by atoms with Crippen molar-refractivity contribution in [3.05, 3.63) is 157 Å². The van der Waals surface area contributed by atoms with Crippen LogP contribution in [0.1, 0.15) is 20.7 Å². The Hall–Kier alpha value is -7.14. The highest BCUT2D eigenvalue weighted by Crippen LogP contribution is 2.45. The van der Waals surface area contributed by atoms with Gasteiger partial charge in [-0.1, -0.05) is 84.9 Å². The predicted octanol–water partition coefficient (Wildman–Crippen LogP) is 8.57. The molecule has 0 fully saturated rings. The number of hydrogen-bond donors (Lipinski definition) is 4. The standard InChI is InChI=1S/C48H38O10/c49-37-17-13-31-21-35(11-9-33(31)23-37)47(53)57-27-39(51)25-55-43-19-15-29-5-1-3-7-41(29)45(43)46-42-8-4-2-6-30(42)16-20-44(46)56-26-40(52)28-58-48(54)36-12-10-34-24-38(50)18-14-32(34)22-36/h1-24,39-40,49-52H,25-28H2. The van der Waals surface area contributed by atoms with Crippen LogP contribution in [0.4, 0.5) is 0 Å². The molecule has 0 heterocycles. The molecule has 8 aromatic carbocycles. The second-order valence-corrected chi connectivity index (χ2v) is 13.9. The fourth-order valence-corrected chi connectivity index (χ4v) is 6.96. The number of rotatable bonds is 13. The first-order chi connectivity index (χ1) is 28.2. The monoisotopic (exact) mass is 774 g/mol. The van der Waals surface area contributed by atoms with Crippen molar-refractivity contribution in [2.24, 2.45) is 0 Å². The van der Waals surface area contributed by atoms with Crippen LogP contribution in [0.25, 0.3) is 54.2 Å². The maximum absolute atomic E-state index is 12.9. The van der Waals surface area contributed by atoms with Crippen molar-refractivity contribution >= 4 is 55.0 Å². The van der Waals surface area contributed by atoms with Gasteiger partial charge in [-0.15, -0.1) is 0 Å². The summed E-state index contributed by atoms with van der Waals surface area (Å²) in [6.07, 6.45) is -2.32. The van der Waals surface area contributed by atoms with E-state index in [9.17, 15) is 30.0 Å². The van der Waals surface area contributed by atoms with Crippen LogP contribution in [-0.4, -0.2) is 71.0 Å². The normalized spacial score (nSPS) is 12.4. The number of phenolic OH excluding ortho intramolecular Hbond substituents is 2. The number of fused-ring (bicyclic) bond motifs is 4. The van der Waals surface area contributed by atoms with Crippen molar-refractivity contribution in [2.45, 2.75) is 12.2 Å². The highest BCUT2D eigenvalue weighted by atomic mass is 16.6. The lowest BCUT2D eigenvalue weighted by Gasteiger charge is -2.21. The Kier molecular flexibility index (Phi) is 10.8. The second kappa shape index (κ2) is 16.5.